The lowest BCUT2D eigenvalue weighted by atomic mass is 10.3. The van der Waals surface area contributed by atoms with Gasteiger partial charge in [-0.15, -0.1) is 0 Å². The van der Waals surface area contributed by atoms with Crippen molar-refractivity contribution in [2.45, 2.75) is 6.18 Å². The van der Waals surface area contributed by atoms with Gasteiger partial charge in [0.15, 0.2) is 5.82 Å². The monoisotopic (exact) mass is 340 g/mol. The zero-order valence-electron chi connectivity index (χ0n) is 11.3. The van der Waals surface area contributed by atoms with Gasteiger partial charge in [0, 0.05) is 18.6 Å². The molecule has 0 aromatic carbocycles. The van der Waals surface area contributed by atoms with E-state index in [4.69, 9.17) is 11.6 Å². The minimum absolute atomic E-state index is 0.165. The fourth-order valence-corrected chi connectivity index (χ4v) is 1.94. The smallest absolute Gasteiger partial charge is 0.324 e. The van der Waals surface area contributed by atoms with Crippen molar-refractivity contribution in [3.8, 4) is 5.82 Å². The van der Waals surface area contributed by atoms with Crippen molar-refractivity contribution in [1.82, 2.24) is 24.7 Å². The molecule has 0 aliphatic heterocycles. The molecule has 0 aliphatic carbocycles. The van der Waals surface area contributed by atoms with Gasteiger partial charge in [-0.3, -0.25) is 0 Å². The molecule has 3 heterocycles. The minimum atomic E-state index is -4.62. The first kappa shape index (κ1) is 15.2. The molecule has 0 fully saturated rings. The molecule has 0 amide bonds. The quantitative estimate of drug-likeness (QED) is 0.739. The molecular formula is C13H8ClF3N6. The zero-order valence-corrected chi connectivity index (χ0v) is 12.0. The van der Waals surface area contributed by atoms with Crippen LogP contribution >= 0.6 is 11.6 Å². The van der Waals surface area contributed by atoms with E-state index >= 15 is 0 Å². The van der Waals surface area contributed by atoms with E-state index in [1.807, 2.05) is 0 Å². The largest absolute Gasteiger partial charge is 0.421 e. The lowest BCUT2D eigenvalue weighted by Crippen LogP contribution is -2.12. The van der Waals surface area contributed by atoms with Gasteiger partial charge in [0.1, 0.15) is 17.2 Å². The first-order valence-electron chi connectivity index (χ1n) is 6.27. The van der Waals surface area contributed by atoms with Crippen LogP contribution in [0.15, 0.2) is 42.9 Å². The summed E-state index contributed by atoms with van der Waals surface area (Å²) in [6.07, 6.45) is -0.774. The fourth-order valence-electron chi connectivity index (χ4n) is 1.81. The van der Waals surface area contributed by atoms with E-state index in [2.05, 4.69) is 25.4 Å². The number of nitrogens with zero attached hydrogens (tertiary/aromatic N) is 5. The Kier molecular flexibility index (Phi) is 3.87. The molecule has 0 spiro atoms. The van der Waals surface area contributed by atoms with Crippen LogP contribution in [0.2, 0.25) is 5.28 Å². The average Bonchev–Trinajstić information content (AvgIpc) is 3.00. The first-order chi connectivity index (χ1) is 10.9. The Morgan fingerprint density at radius 2 is 1.96 bits per heavy atom. The molecule has 3 rings (SSSR count). The Balaban J connectivity index is 1.97. The van der Waals surface area contributed by atoms with E-state index in [0.29, 0.717) is 12.0 Å². The highest BCUT2D eigenvalue weighted by Crippen LogP contribution is 2.34. The molecule has 0 bridgehead atoms. The third-order valence-electron chi connectivity index (χ3n) is 2.78. The highest BCUT2D eigenvalue weighted by atomic mass is 35.5. The van der Waals surface area contributed by atoms with Crippen LogP contribution in [-0.2, 0) is 6.18 Å². The maximum Gasteiger partial charge on any atom is 0.421 e. The number of rotatable bonds is 3. The second-order valence-electron chi connectivity index (χ2n) is 4.36. The van der Waals surface area contributed by atoms with Gasteiger partial charge >= 0.3 is 6.18 Å². The Morgan fingerprint density at radius 3 is 2.65 bits per heavy atom. The Morgan fingerprint density at radius 1 is 1.13 bits per heavy atom. The van der Waals surface area contributed by atoms with E-state index in [9.17, 15) is 13.2 Å². The normalized spacial score (nSPS) is 11.5. The highest BCUT2D eigenvalue weighted by Gasteiger charge is 2.35. The molecule has 0 atom stereocenters. The molecule has 118 valence electrons. The number of halogens is 4. The van der Waals surface area contributed by atoms with E-state index in [0.717, 1.165) is 0 Å². The van der Waals surface area contributed by atoms with Crippen molar-refractivity contribution in [3.63, 3.8) is 0 Å². The van der Waals surface area contributed by atoms with E-state index in [1.54, 1.807) is 30.6 Å². The summed E-state index contributed by atoms with van der Waals surface area (Å²) in [4.78, 5) is 11.1. The van der Waals surface area contributed by atoms with E-state index in [-0.39, 0.29) is 11.1 Å². The molecule has 23 heavy (non-hydrogen) atoms. The number of hydrogen-bond donors (Lipinski definition) is 1. The van der Waals surface area contributed by atoms with Crippen LogP contribution in [0.5, 0.6) is 0 Å². The van der Waals surface area contributed by atoms with Crippen molar-refractivity contribution in [3.05, 3.63) is 53.7 Å². The predicted molar refractivity (Wildman–Crippen MR) is 76.7 cm³/mol. The standard InChI is InChI=1S/C13H8ClF3N6/c14-12-18-7-8(13(15,16)17)11(22-12)21-9-3-1-4-10(20-9)23-6-2-5-19-23/h1-7H,(H,18,20,21,22). The Bertz CT molecular complexity index is 819. The third kappa shape index (κ3) is 3.39. The van der Waals surface area contributed by atoms with Gasteiger partial charge in [-0.05, 0) is 29.8 Å². The number of hydrogen-bond acceptors (Lipinski definition) is 5. The third-order valence-corrected chi connectivity index (χ3v) is 2.97. The second kappa shape index (κ2) is 5.84. The summed E-state index contributed by atoms with van der Waals surface area (Å²) in [6, 6.07) is 6.50. The molecule has 10 heteroatoms. The lowest BCUT2D eigenvalue weighted by molar-refractivity contribution is -0.137. The summed E-state index contributed by atoms with van der Waals surface area (Å²) < 4.78 is 40.4. The Labute approximate surface area is 133 Å². The summed E-state index contributed by atoms with van der Waals surface area (Å²) >= 11 is 5.58. The van der Waals surface area contributed by atoms with Crippen LogP contribution in [0.25, 0.3) is 5.82 Å². The summed E-state index contributed by atoms with van der Waals surface area (Å²) in [5, 5.41) is 6.22. The molecule has 0 aliphatic rings. The Hall–Kier alpha value is -2.68. The lowest BCUT2D eigenvalue weighted by Gasteiger charge is -2.13. The van der Waals surface area contributed by atoms with Gasteiger partial charge in [0.05, 0.1) is 0 Å². The number of alkyl halides is 3. The van der Waals surface area contributed by atoms with Gasteiger partial charge in [-0.25, -0.2) is 14.6 Å². The number of pyridine rings is 1. The summed E-state index contributed by atoms with van der Waals surface area (Å²) in [6.45, 7) is 0. The first-order valence-corrected chi connectivity index (χ1v) is 6.65. The van der Waals surface area contributed by atoms with E-state index < -0.39 is 17.6 Å². The molecule has 3 aromatic heterocycles. The SMILES string of the molecule is FC(F)(F)c1cnc(Cl)nc1Nc1cccc(-n2cccn2)n1. The van der Waals surface area contributed by atoms with Crippen molar-refractivity contribution in [2.75, 3.05) is 5.32 Å². The molecule has 0 radical (unpaired) electrons. The number of nitrogens with one attached hydrogen (secondary N) is 1. The van der Waals surface area contributed by atoms with Crippen LogP contribution < -0.4 is 5.32 Å². The predicted octanol–water partition coefficient (Wildman–Crippen LogP) is 3.47. The number of anilines is 2. The summed E-state index contributed by atoms with van der Waals surface area (Å²) in [7, 11) is 0. The van der Waals surface area contributed by atoms with Gasteiger partial charge in [0.25, 0.3) is 0 Å². The van der Waals surface area contributed by atoms with Crippen molar-refractivity contribution in [1.29, 1.82) is 0 Å². The highest BCUT2D eigenvalue weighted by molar-refractivity contribution is 6.28. The van der Waals surface area contributed by atoms with Crippen LogP contribution in [-0.4, -0.2) is 24.7 Å². The summed E-state index contributed by atoms with van der Waals surface area (Å²) in [5.74, 6) is 0.134. The topological polar surface area (TPSA) is 68.5 Å². The van der Waals surface area contributed by atoms with Crippen molar-refractivity contribution >= 4 is 23.2 Å². The van der Waals surface area contributed by atoms with Crippen LogP contribution in [0.3, 0.4) is 0 Å². The van der Waals surface area contributed by atoms with Crippen LogP contribution in [0.1, 0.15) is 5.56 Å². The molecule has 3 aromatic rings. The van der Waals surface area contributed by atoms with Crippen LogP contribution in [0.4, 0.5) is 24.8 Å². The maximum absolute atomic E-state index is 13.0. The maximum atomic E-state index is 13.0. The van der Waals surface area contributed by atoms with Gasteiger partial charge < -0.3 is 5.32 Å². The van der Waals surface area contributed by atoms with Gasteiger partial charge in [-0.2, -0.15) is 23.3 Å². The average molecular weight is 341 g/mol. The van der Waals surface area contributed by atoms with Crippen LogP contribution in [0, 0.1) is 0 Å². The van der Waals surface area contributed by atoms with Crippen molar-refractivity contribution < 1.29 is 13.2 Å². The van der Waals surface area contributed by atoms with Gasteiger partial charge in [0.2, 0.25) is 5.28 Å². The molecule has 6 nitrogen and oxygen atoms in total. The summed E-state index contributed by atoms with van der Waals surface area (Å²) in [5.41, 5.74) is -1.03. The molecule has 0 saturated heterocycles. The van der Waals surface area contributed by atoms with Gasteiger partial charge in [-0.1, -0.05) is 6.07 Å². The van der Waals surface area contributed by atoms with E-state index in [1.165, 1.54) is 10.7 Å². The zero-order chi connectivity index (χ0) is 16.4. The molecule has 0 saturated carbocycles. The second-order valence-corrected chi connectivity index (χ2v) is 4.69. The fraction of sp³-hybridized carbons (Fsp3) is 0.0769. The molecule has 1 N–H and O–H groups in total. The van der Waals surface area contributed by atoms with Crippen molar-refractivity contribution in [2.24, 2.45) is 0 Å². The molecular weight excluding hydrogens is 333 g/mol. The minimum Gasteiger partial charge on any atom is -0.324 e. The molecule has 0 unspecified atom stereocenters. The number of aromatic nitrogens is 5.